The zero-order chi connectivity index (χ0) is 17.8. The number of ether oxygens (including phenoxy) is 1. The number of nitrogens with zero attached hydrogens (tertiary/aromatic N) is 2. The van der Waals surface area contributed by atoms with Crippen LogP contribution in [0.25, 0.3) is 10.9 Å². The molecule has 6 heteroatoms. The number of halogens is 1. The van der Waals surface area contributed by atoms with Gasteiger partial charge in [0.2, 0.25) is 0 Å². The Bertz CT molecular complexity index is 758. The highest BCUT2D eigenvalue weighted by Gasteiger charge is 2.24. The lowest BCUT2D eigenvalue weighted by atomic mass is 9.96. The summed E-state index contributed by atoms with van der Waals surface area (Å²) in [4.78, 5) is 19.5. The summed E-state index contributed by atoms with van der Waals surface area (Å²) in [5.74, 6) is 1.55. The van der Waals surface area contributed by atoms with E-state index in [2.05, 4.69) is 17.2 Å². The van der Waals surface area contributed by atoms with E-state index in [9.17, 15) is 4.79 Å². The topological polar surface area (TPSA) is 54.5 Å². The van der Waals surface area contributed by atoms with Crippen molar-refractivity contribution in [3.05, 3.63) is 35.5 Å². The fourth-order valence-corrected chi connectivity index (χ4v) is 3.45. The van der Waals surface area contributed by atoms with E-state index in [-0.39, 0.29) is 18.3 Å². The molecule has 1 saturated heterocycles. The molecule has 1 amide bonds. The first-order valence-corrected chi connectivity index (χ1v) is 9.07. The van der Waals surface area contributed by atoms with Crippen LogP contribution in [-0.4, -0.2) is 49.1 Å². The van der Waals surface area contributed by atoms with E-state index in [4.69, 9.17) is 4.74 Å². The minimum atomic E-state index is 0. The van der Waals surface area contributed by atoms with Crippen molar-refractivity contribution in [1.82, 2.24) is 15.2 Å². The van der Waals surface area contributed by atoms with Crippen LogP contribution in [0.15, 0.2) is 24.3 Å². The Kier molecular flexibility index (Phi) is 7.23. The molecule has 1 fully saturated rings. The second-order valence-electron chi connectivity index (χ2n) is 6.72. The molecule has 1 aromatic heterocycles. The van der Waals surface area contributed by atoms with Crippen LogP contribution in [0.1, 0.15) is 35.8 Å². The Hall–Kier alpha value is -1.85. The van der Waals surface area contributed by atoms with Gasteiger partial charge in [-0.05, 0) is 57.0 Å². The molecule has 0 aliphatic carbocycles. The summed E-state index contributed by atoms with van der Waals surface area (Å²) in [7, 11) is 1.64. The van der Waals surface area contributed by atoms with E-state index >= 15 is 0 Å². The van der Waals surface area contributed by atoms with Gasteiger partial charge in [0.1, 0.15) is 5.75 Å². The molecule has 26 heavy (non-hydrogen) atoms. The summed E-state index contributed by atoms with van der Waals surface area (Å²) in [6, 6.07) is 7.73. The number of aromatic nitrogens is 1. The van der Waals surface area contributed by atoms with Crippen LogP contribution in [0.4, 0.5) is 0 Å². The fourth-order valence-electron chi connectivity index (χ4n) is 3.45. The predicted molar refractivity (Wildman–Crippen MR) is 107 cm³/mol. The summed E-state index contributed by atoms with van der Waals surface area (Å²) in [5, 5.41) is 4.38. The number of nitrogens with one attached hydrogen (secondary N) is 1. The van der Waals surface area contributed by atoms with Gasteiger partial charge in [-0.25, -0.2) is 0 Å². The average Bonchev–Trinajstić information content (AvgIpc) is 2.65. The van der Waals surface area contributed by atoms with E-state index in [1.165, 1.54) is 0 Å². The maximum Gasteiger partial charge on any atom is 0.255 e. The number of carbonyl (C=O) groups excluding carboxylic acids is 1. The van der Waals surface area contributed by atoms with Crippen molar-refractivity contribution in [2.24, 2.45) is 5.92 Å². The highest BCUT2D eigenvalue weighted by molar-refractivity contribution is 5.98. The second-order valence-corrected chi connectivity index (χ2v) is 6.72. The number of piperidine rings is 1. The third-order valence-electron chi connectivity index (χ3n) is 5.03. The van der Waals surface area contributed by atoms with Gasteiger partial charge in [-0.3, -0.25) is 9.78 Å². The molecular weight excluding hydrogens is 350 g/mol. The van der Waals surface area contributed by atoms with E-state index in [1.807, 2.05) is 36.1 Å². The number of likely N-dealkylation sites (tertiary alicyclic amines) is 1. The largest absolute Gasteiger partial charge is 0.497 e. The third kappa shape index (κ3) is 4.46. The molecule has 0 atom stereocenters. The first-order chi connectivity index (χ1) is 12.1. The van der Waals surface area contributed by atoms with Gasteiger partial charge in [0, 0.05) is 24.5 Å². The highest BCUT2D eigenvalue weighted by atomic mass is 35.5. The van der Waals surface area contributed by atoms with E-state index in [1.54, 1.807) is 7.11 Å². The van der Waals surface area contributed by atoms with E-state index in [0.29, 0.717) is 11.5 Å². The number of aryl methyl sites for hydroxylation is 1. The van der Waals surface area contributed by atoms with Crippen molar-refractivity contribution in [2.45, 2.75) is 26.7 Å². The molecular formula is C20H28ClN3O2. The highest BCUT2D eigenvalue weighted by Crippen LogP contribution is 2.24. The molecule has 0 bridgehead atoms. The minimum absolute atomic E-state index is 0. The van der Waals surface area contributed by atoms with Gasteiger partial charge in [-0.2, -0.15) is 0 Å². The molecule has 0 radical (unpaired) electrons. The van der Waals surface area contributed by atoms with Gasteiger partial charge in [0.05, 0.1) is 23.9 Å². The monoisotopic (exact) mass is 377 g/mol. The van der Waals surface area contributed by atoms with Crippen molar-refractivity contribution in [3.8, 4) is 5.75 Å². The third-order valence-corrected chi connectivity index (χ3v) is 5.03. The van der Waals surface area contributed by atoms with Gasteiger partial charge in [-0.1, -0.05) is 6.92 Å². The maximum absolute atomic E-state index is 13.0. The zero-order valence-electron chi connectivity index (χ0n) is 15.7. The van der Waals surface area contributed by atoms with Crippen molar-refractivity contribution >= 4 is 29.2 Å². The quantitative estimate of drug-likeness (QED) is 0.867. The molecule has 0 saturated carbocycles. The van der Waals surface area contributed by atoms with E-state index in [0.717, 1.165) is 61.4 Å². The molecule has 0 unspecified atom stereocenters. The smallest absolute Gasteiger partial charge is 0.255 e. The lowest BCUT2D eigenvalue weighted by molar-refractivity contribution is 0.0689. The Balaban J connectivity index is 0.00000243. The molecule has 1 aromatic carbocycles. The number of hydrogen-bond acceptors (Lipinski definition) is 4. The number of methoxy groups -OCH3 is 1. The van der Waals surface area contributed by atoms with Crippen LogP contribution in [0.5, 0.6) is 5.75 Å². The number of amides is 1. The Morgan fingerprint density at radius 1 is 1.31 bits per heavy atom. The van der Waals surface area contributed by atoms with Crippen LogP contribution in [0.2, 0.25) is 0 Å². The summed E-state index contributed by atoms with van der Waals surface area (Å²) >= 11 is 0. The van der Waals surface area contributed by atoms with Gasteiger partial charge in [-0.15, -0.1) is 12.4 Å². The summed E-state index contributed by atoms with van der Waals surface area (Å²) < 4.78 is 5.25. The molecule has 2 heterocycles. The van der Waals surface area contributed by atoms with Crippen LogP contribution >= 0.6 is 12.4 Å². The first-order valence-electron chi connectivity index (χ1n) is 9.07. The molecule has 1 N–H and O–H groups in total. The van der Waals surface area contributed by atoms with Gasteiger partial charge >= 0.3 is 0 Å². The molecule has 5 nitrogen and oxygen atoms in total. The van der Waals surface area contributed by atoms with Crippen molar-refractivity contribution in [3.63, 3.8) is 0 Å². The number of hydrogen-bond donors (Lipinski definition) is 1. The fraction of sp³-hybridized carbons (Fsp3) is 0.500. The van der Waals surface area contributed by atoms with Gasteiger partial charge < -0.3 is 15.0 Å². The molecule has 2 aromatic rings. The van der Waals surface area contributed by atoms with E-state index < -0.39 is 0 Å². The Morgan fingerprint density at radius 2 is 2.04 bits per heavy atom. The molecule has 0 spiro atoms. The van der Waals surface area contributed by atoms with Crippen molar-refractivity contribution in [1.29, 1.82) is 0 Å². The van der Waals surface area contributed by atoms with Crippen molar-refractivity contribution < 1.29 is 9.53 Å². The molecule has 142 valence electrons. The molecule has 1 aliphatic rings. The Labute approximate surface area is 161 Å². The SMILES string of the molecule is CCNCC1CCN(C(=O)c2cc3ccc(OC)cc3nc2C)CC1.Cl. The summed E-state index contributed by atoms with van der Waals surface area (Å²) in [6.45, 7) is 7.75. The zero-order valence-corrected chi connectivity index (χ0v) is 16.6. The Morgan fingerprint density at radius 3 is 2.69 bits per heavy atom. The van der Waals surface area contributed by atoms with Crippen LogP contribution in [-0.2, 0) is 0 Å². The number of pyridine rings is 1. The standard InChI is InChI=1S/C20H27N3O2.ClH/c1-4-21-13-15-7-9-23(10-8-15)20(24)18-11-16-5-6-17(25-3)12-19(16)22-14(18)2;/h5-6,11-12,15,21H,4,7-10,13H2,1-3H3;1H. The van der Waals surface area contributed by atoms with Crippen LogP contribution in [0, 0.1) is 12.8 Å². The second kappa shape index (κ2) is 9.19. The summed E-state index contributed by atoms with van der Waals surface area (Å²) in [5.41, 5.74) is 2.35. The number of carbonyl (C=O) groups is 1. The van der Waals surface area contributed by atoms with Crippen LogP contribution in [0.3, 0.4) is 0 Å². The normalized spacial score (nSPS) is 15.0. The van der Waals surface area contributed by atoms with Gasteiger partial charge in [0.15, 0.2) is 0 Å². The number of benzene rings is 1. The maximum atomic E-state index is 13.0. The lowest BCUT2D eigenvalue weighted by Crippen LogP contribution is -2.41. The molecule has 3 rings (SSSR count). The minimum Gasteiger partial charge on any atom is -0.497 e. The molecule has 1 aliphatic heterocycles. The van der Waals surface area contributed by atoms with Crippen molar-refractivity contribution in [2.75, 3.05) is 33.3 Å². The summed E-state index contributed by atoms with van der Waals surface area (Å²) in [6.07, 6.45) is 2.13. The van der Waals surface area contributed by atoms with Gasteiger partial charge in [0.25, 0.3) is 5.91 Å². The lowest BCUT2D eigenvalue weighted by Gasteiger charge is -2.32. The first kappa shape index (κ1) is 20.5. The number of fused-ring (bicyclic) bond motifs is 1. The van der Waals surface area contributed by atoms with Crippen LogP contribution < -0.4 is 10.1 Å². The number of rotatable bonds is 5. The average molecular weight is 378 g/mol. The predicted octanol–water partition coefficient (Wildman–Crippen LogP) is 3.44.